The molecule has 6 heteroatoms. The Hall–Kier alpha value is -1.56. The molecule has 0 spiro atoms. The number of rotatable bonds is 2. The first kappa shape index (κ1) is 15.3. The summed E-state index contributed by atoms with van der Waals surface area (Å²) in [5.74, 6) is 0.132. The Labute approximate surface area is 127 Å². The number of piperazine rings is 1. The molecule has 22 heavy (non-hydrogen) atoms. The Kier molecular flexibility index (Phi) is 3.89. The maximum atomic E-state index is 12.6. The SMILES string of the molecule is C[C@@H]1CNCCN1C(=O)[C@H]1C[C@@H]1c1ccc(C(F)(F)F)cc1. The standard InChI is InChI=1S/C16H19F3N2O/c1-10-9-20-6-7-21(10)15(22)14-8-13(14)11-2-4-12(5-3-11)16(17,18)19/h2-5,10,13-14,20H,6-9H2,1H3/t10-,13-,14+/m1/s1. The van der Waals surface area contributed by atoms with Gasteiger partial charge >= 0.3 is 6.18 Å². The minimum atomic E-state index is -4.31. The summed E-state index contributed by atoms with van der Waals surface area (Å²) in [5.41, 5.74) is 0.185. The molecule has 1 aliphatic heterocycles. The third-order valence-corrected chi connectivity index (χ3v) is 4.56. The molecule has 1 aromatic rings. The second-order valence-electron chi connectivity index (χ2n) is 6.15. The fourth-order valence-corrected chi connectivity index (χ4v) is 3.14. The lowest BCUT2D eigenvalue weighted by Crippen LogP contribution is -2.52. The monoisotopic (exact) mass is 312 g/mol. The Balaban J connectivity index is 1.65. The highest BCUT2D eigenvalue weighted by atomic mass is 19.4. The summed E-state index contributed by atoms with van der Waals surface area (Å²) in [7, 11) is 0. The normalized spacial score (nSPS) is 28.5. The number of nitrogens with one attached hydrogen (secondary N) is 1. The Morgan fingerprint density at radius 1 is 1.27 bits per heavy atom. The van der Waals surface area contributed by atoms with Gasteiger partial charge in [0, 0.05) is 31.6 Å². The van der Waals surface area contributed by atoms with Crippen molar-refractivity contribution in [3.05, 3.63) is 35.4 Å². The number of carbonyl (C=O) groups is 1. The van der Waals surface area contributed by atoms with Crippen LogP contribution in [0.1, 0.15) is 30.4 Å². The molecule has 1 amide bonds. The van der Waals surface area contributed by atoms with Crippen LogP contribution in [-0.2, 0) is 11.0 Å². The lowest BCUT2D eigenvalue weighted by Gasteiger charge is -2.34. The summed E-state index contributed by atoms with van der Waals surface area (Å²) in [6.07, 6.45) is -3.58. The van der Waals surface area contributed by atoms with Gasteiger partial charge in [0.2, 0.25) is 5.91 Å². The van der Waals surface area contributed by atoms with Crippen molar-refractivity contribution >= 4 is 5.91 Å². The number of alkyl halides is 3. The molecule has 1 aliphatic carbocycles. The van der Waals surface area contributed by atoms with Crippen LogP contribution in [0.15, 0.2) is 24.3 Å². The first-order valence-corrected chi connectivity index (χ1v) is 7.56. The summed E-state index contributed by atoms with van der Waals surface area (Å²) in [6.45, 7) is 4.31. The maximum absolute atomic E-state index is 12.6. The van der Waals surface area contributed by atoms with Crippen molar-refractivity contribution in [3.8, 4) is 0 Å². The van der Waals surface area contributed by atoms with Crippen molar-refractivity contribution in [1.82, 2.24) is 10.2 Å². The molecule has 1 saturated carbocycles. The second-order valence-corrected chi connectivity index (χ2v) is 6.15. The van der Waals surface area contributed by atoms with Crippen molar-refractivity contribution in [1.29, 1.82) is 0 Å². The van der Waals surface area contributed by atoms with E-state index in [1.807, 2.05) is 11.8 Å². The minimum Gasteiger partial charge on any atom is -0.337 e. The topological polar surface area (TPSA) is 32.3 Å². The Morgan fingerprint density at radius 3 is 2.55 bits per heavy atom. The van der Waals surface area contributed by atoms with E-state index < -0.39 is 11.7 Å². The van der Waals surface area contributed by atoms with Gasteiger partial charge < -0.3 is 10.2 Å². The third kappa shape index (κ3) is 2.97. The van der Waals surface area contributed by atoms with Gasteiger partial charge in [-0.1, -0.05) is 12.1 Å². The summed E-state index contributed by atoms with van der Waals surface area (Å²) in [5, 5.41) is 3.24. The molecule has 1 aromatic carbocycles. The van der Waals surface area contributed by atoms with E-state index in [0.29, 0.717) is 6.54 Å². The molecule has 1 heterocycles. The molecule has 0 bridgehead atoms. The van der Waals surface area contributed by atoms with Crippen LogP contribution in [0.5, 0.6) is 0 Å². The summed E-state index contributed by atoms with van der Waals surface area (Å²) < 4.78 is 37.7. The molecular formula is C16H19F3N2O. The van der Waals surface area contributed by atoms with E-state index in [9.17, 15) is 18.0 Å². The van der Waals surface area contributed by atoms with Crippen molar-refractivity contribution in [2.45, 2.75) is 31.5 Å². The van der Waals surface area contributed by atoms with Gasteiger partial charge in [0.1, 0.15) is 0 Å². The largest absolute Gasteiger partial charge is 0.416 e. The van der Waals surface area contributed by atoms with Gasteiger partial charge in [0.05, 0.1) is 5.56 Å². The maximum Gasteiger partial charge on any atom is 0.416 e. The number of benzene rings is 1. The van der Waals surface area contributed by atoms with Crippen LogP contribution in [-0.4, -0.2) is 36.5 Å². The first-order chi connectivity index (χ1) is 10.4. The highest BCUT2D eigenvalue weighted by Crippen LogP contribution is 2.49. The molecule has 3 atom stereocenters. The minimum absolute atomic E-state index is 0.0665. The van der Waals surface area contributed by atoms with Crippen molar-refractivity contribution in [2.24, 2.45) is 5.92 Å². The third-order valence-electron chi connectivity index (χ3n) is 4.56. The van der Waals surface area contributed by atoms with Gasteiger partial charge in [-0.25, -0.2) is 0 Å². The molecule has 3 rings (SSSR count). The summed E-state index contributed by atoms with van der Waals surface area (Å²) in [4.78, 5) is 14.4. The molecular weight excluding hydrogens is 293 g/mol. The van der Waals surface area contributed by atoms with Crippen LogP contribution < -0.4 is 5.32 Å². The number of hydrogen-bond donors (Lipinski definition) is 1. The van der Waals surface area contributed by atoms with Gasteiger partial charge in [0.25, 0.3) is 0 Å². The zero-order chi connectivity index (χ0) is 15.9. The van der Waals surface area contributed by atoms with E-state index in [0.717, 1.165) is 37.2 Å². The Bertz CT molecular complexity index is 556. The van der Waals surface area contributed by atoms with Crippen LogP contribution in [0.4, 0.5) is 13.2 Å². The molecule has 0 aromatic heterocycles. The van der Waals surface area contributed by atoms with Crippen LogP contribution >= 0.6 is 0 Å². The van der Waals surface area contributed by atoms with E-state index >= 15 is 0 Å². The van der Waals surface area contributed by atoms with Gasteiger partial charge in [-0.3, -0.25) is 4.79 Å². The smallest absolute Gasteiger partial charge is 0.337 e. The van der Waals surface area contributed by atoms with Crippen molar-refractivity contribution in [2.75, 3.05) is 19.6 Å². The zero-order valence-electron chi connectivity index (χ0n) is 12.4. The van der Waals surface area contributed by atoms with E-state index in [-0.39, 0.29) is 23.8 Å². The molecule has 1 N–H and O–H groups in total. The van der Waals surface area contributed by atoms with Crippen molar-refractivity contribution in [3.63, 3.8) is 0 Å². The van der Waals surface area contributed by atoms with Crippen LogP contribution in [0, 0.1) is 5.92 Å². The number of amides is 1. The number of hydrogen-bond acceptors (Lipinski definition) is 2. The summed E-state index contributed by atoms with van der Waals surface area (Å²) in [6, 6.07) is 5.38. The zero-order valence-corrected chi connectivity index (χ0v) is 12.4. The average molecular weight is 312 g/mol. The predicted octanol–water partition coefficient (Wildman–Crippen LogP) is 2.63. The summed E-state index contributed by atoms with van der Waals surface area (Å²) >= 11 is 0. The van der Waals surface area contributed by atoms with E-state index in [1.165, 1.54) is 12.1 Å². The van der Waals surface area contributed by atoms with E-state index in [1.54, 1.807) is 0 Å². The fraction of sp³-hybridized carbons (Fsp3) is 0.562. The lowest BCUT2D eigenvalue weighted by atomic mass is 10.1. The fourth-order valence-electron chi connectivity index (χ4n) is 3.14. The van der Waals surface area contributed by atoms with Crippen LogP contribution in [0.3, 0.4) is 0 Å². The van der Waals surface area contributed by atoms with Crippen LogP contribution in [0.25, 0.3) is 0 Å². The first-order valence-electron chi connectivity index (χ1n) is 7.56. The quantitative estimate of drug-likeness (QED) is 0.910. The van der Waals surface area contributed by atoms with Gasteiger partial charge in [-0.05, 0) is 37.0 Å². The highest BCUT2D eigenvalue weighted by molar-refractivity contribution is 5.83. The van der Waals surface area contributed by atoms with Crippen LogP contribution in [0.2, 0.25) is 0 Å². The number of halogens is 3. The van der Waals surface area contributed by atoms with E-state index in [2.05, 4.69) is 5.32 Å². The molecule has 120 valence electrons. The van der Waals surface area contributed by atoms with Gasteiger partial charge in [-0.2, -0.15) is 13.2 Å². The van der Waals surface area contributed by atoms with Crippen molar-refractivity contribution < 1.29 is 18.0 Å². The molecule has 1 saturated heterocycles. The lowest BCUT2D eigenvalue weighted by molar-refractivity contribution is -0.138. The molecule has 0 radical (unpaired) electrons. The Morgan fingerprint density at radius 2 is 1.95 bits per heavy atom. The predicted molar refractivity (Wildman–Crippen MR) is 76.3 cm³/mol. The number of carbonyl (C=O) groups excluding carboxylic acids is 1. The number of nitrogens with zero attached hydrogens (tertiary/aromatic N) is 1. The highest BCUT2D eigenvalue weighted by Gasteiger charge is 2.46. The average Bonchev–Trinajstić information content (AvgIpc) is 3.27. The molecule has 2 fully saturated rings. The molecule has 2 aliphatic rings. The molecule has 0 unspecified atom stereocenters. The van der Waals surface area contributed by atoms with Gasteiger partial charge in [0.15, 0.2) is 0 Å². The molecule has 3 nitrogen and oxygen atoms in total. The van der Waals surface area contributed by atoms with E-state index in [4.69, 9.17) is 0 Å². The second kappa shape index (κ2) is 5.57. The van der Waals surface area contributed by atoms with Gasteiger partial charge in [-0.15, -0.1) is 0 Å².